The first kappa shape index (κ1) is 21.8. The lowest BCUT2D eigenvalue weighted by atomic mass is 9.87. The first-order chi connectivity index (χ1) is 13.8. The molecule has 0 heterocycles. The summed E-state index contributed by atoms with van der Waals surface area (Å²) in [4.78, 5) is 13.6. The molecule has 0 N–H and O–H groups in total. The second kappa shape index (κ2) is 10.2. The van der Waals surface area contributed by atoms with E-state index < -0.39 is 7.26 Å². The van der Waals surface area contributed by atoms with Gasteiger partial charge in [-0.1, -0.05) is 73.9 Å². The lowest BCUT2D eigenvalue weighted by molar-refractivity contribution is -0.121. The van der Waals surface area contributed by atoms with E-state index in [0.29, 0.717) is 11.9 Å². The van der Waals surface area contributed by atoms with Crippen LogP contribution in [0.4, 0.5) is 0 Å². The molecule has 3 aromatic rings. The largest absolute Gasteiger partial charge is 1.00 e. The Morgan fingerprint density at radius 1 is 0.655 bits per heavy atom. The molecule has 0 saturated heterocycles. The first-order valence-electron chi connectivity index (χ1n) is 10.4. The highest BCUT2D eigenvalue weighted by Crippen LogP contribution is 2.55. The Morgan fingerprint density at radius 2 is 1.03 bits per heavy atom. The van der Waals surface area contributed by atoms with E-state index in [-0.39, 0.29) is 18.3 Å². The average Bonchev–Trinajstić information content (AvgIpc) is 2.80. The molecule has 1 nitrogen and oxygen atoms in total. The van der Waals surface area contributed by atoms with Crippen LogP contribution in [0.5, 0.6) is 0 Å². The molecule has 3 aromatic carbocycles. The highest BCUT2D eigenvalue weighted by molar-refractivity contribution is 7.96. The number of hydrogen-bond donors (Lipinski definition) is 0. The molecular formula is C26H28ClOP. The topological polar surface area (TPSA) is 17.1 Å². The van der Waals surface area contributed by atoms with Gasteiger partial charge in [0.1, 0.15) is 29.3 Å². The number of halogens is 1. The Morgan fingerprint density at radius 3 is 1.41 bits per heavy atom. The zero-order valence-corrected chi connectivity index (χ0v) is 18.4. The van der Waals surface area contributed by atoms with Crippen LogP contribution >= 0.6 is 7.26 Å². The number of hydrogen-bond acceptors (Lipinski definition) is 1. The summed E-state index contributed by atoms with van der Waals surface area (Å²) < 4.78 is 0. The predicted octanol–water partition coefficient (Wildman–Crippen LogP) is 2.13. The SMILES string of the molecule is O=C(C[P+](c1ccccc1)(c1ccccc1)c1ccccc1)C1CCCCC1.[Cl-]. The van der Waals surface area contributed by atoms with Gasteiger partial charge in [-0.3, -0.25) is 4.79 Å². The number of carbonyl (C=O) groups excluding carboxylic acids is 1. The molecule has 1 fully saturated rings. The Balaban J connectivity index is 0.00000240. The second-order valence-electron chi connectivity index (χ2n) is 7.78. The fraction of sp³-hybridized carbons (Fsp3) is 0.269. The van der Waals surface area contributed by atoms with Crippen LogP contribution in [0, 0.1) is 5.92 Å². The molecule has 0 spiro atoms. The van der Waals surface area contributed by atoms with Gasteiger partial charge < -0.3 is 12.4 Å². The van der Waals surface area contributed by atoms with Gasteiger partial charge in [0, 0.05) is 5.92 Å². The molecule has 150 valence electrons. The van der Waals surface area contributed by atoms with Crippen molar-refractivity contribution in [1.29, 1.82) is 0 Å². The van der Waals surface area contributed by atoms with E-state index in [1.54, 1.807) is 0 Å². The average molecular weight is 423 g/mol. The molecule has 1 saturated carbocycles. The van der Waals surface area contributed by atoms with E-state index in [4.69, 9.17) is 0 Å². The van der Waals surface area contributed by atoms with Gasteiger partial charge in [0.25, 0.3) is 0 Å². The van der Waals surface area contributed by atoms with Gasteiger partial charge in [-0.05, 0) is 49.2 Å². The molecule has 3 heteroatoms. The van der Waals surface area contributed by atoms with Crippen molar-refractivity contribution in [2.75, 3.05) is 6.16 Å². The third-order valence-corrected chi connectivity index (χ3v) is 10.4. The molecule has 0 bridgehead atoms. The smallest absolute Gasteiger partial charge is 0.174 e. The van der Waals surface area contributed by atoms with Gasteiger partial charge in [-0.2, -0.15) is 0 Å². The summed E-state index contributed by atoms with van der Waals surface area (Å²) in [5, 5.41) is 3.91. The molecule has 0 unspecified atom stereocenters. The van der Waals surface area contributed by atoms with E-state index in [0.717, 1.165) is 12.8 Å². The molecule has 1 aliphatic carbocycles. The molecule has 0 atom stereocenters. The first-order valence-corrected chi connectivity index (χ1v) is 12.4. The highest BCUT2D eigenvalue weighted by Gasteiger charge is 2.48. The Hall–Kier alpha value is -1.95. The Bertz CT molecular complexity index is 793. The maximum atomic E-state index is 13.6. The summed E-state index contributed by atoms with van der Waals surface area (Å²) in [5.41, 5.74) is 0. The molecule has 4 rings (SSSR count). The minimum atomic E-state index is -2.03. The van der Waals surface area contributed by atoms with E-state index in [2.05, 4.69) is 91.0 Å². The van der Waals surface area contributed by atoms with Crippen molar-refractivity contribution in [2.24, 2.45) is 5.92 Å². The summed E-state index contributed by atoms with van der Waals surface area (Å²) in [6, 6.07) is 32.2. The minimum Gasteiger partial charge on any atom is -1.00 e. The molecule has 0 aliphatic heterocycles. The fourth-order valence-corrected chi connectivity index (χ4v) is 8.77. The van der Waals surface area contributed by atoms with Crippen LogP contribution in [-0.2, 0) is 4.79 Å². The Labute approximate surface area is 181 Å². The van der Waals surface area contributed by atoms with Crippen LogP contribution in [-0.4, -0.2) is 11.9 Å². The number of benzene rings is 3. The fourth-order valence-electron chi connectivity index (χ4n) is 4.56. The van der Waals surface area contributed by atoms with Crippen molar-refractivity contribution in [1.82, 2.24) is 0 Å². The van der Waals surface area contributed by atoms with Crippen LogP contribution in [0.3, 0.4) is 0 Å². The second-order valence-corrected chi connectivity index (χ2v) is 11.3. The van der Waals surface area contributed by atoms with Crippen molar-refractivity contribution in [3.05, 3.63) is 91.0 Å². The highest BCUT2D eigenvalue weighted by atomic mass is 35.5. The van der Waals surface area contributed by atoms with Crippen LogP contribution in [0.2, 0.25) is 0 Å². The van der Waals surface area contributed by atoms with E-state index in [1.807, 2.05) is 0 Å². The van der Waals surface area contributed by atoms with E-state index in [9.17, 15) is 4.79 Å². The summed E-state index contributed by atoms with van der Waals surface area (Å²) in [7, 11) is -2.03. The van der Waals surface area contributed by atoms with E-state index in [1.165, 1.54) is 35.2 Å². The lowest BCUT2D eigenvalue weighted by Crippen LogP contribution is -3.00. The predicted molar refractivity (Wildman–Crippen MR) is 122 cm³/mol. The van der Waals surface area contributed by atoms with Crippen LogP contribution in [0.15, 0.2) is 91.0 Å². The third-order valence-electron chi connectivity index (χ3n) is 6.04. The summed E-state index contributed by atoms with van der Waals surface area (Å²) >= 11 is 0. The van der Waals surface area contributed by atoms with Gasteiger partial charge in [0.15, 0.2) is 5.78 Å². The van der Waals surface area contributed by atoms with Gasteiger partial charge in [0.05, 0.1) is 0 Å². The zero-order chi connectivity index (χ0) is 19.2. The number of Topliss-reactive ketones (excluding diaryl/α,β-unsaturated/α-hetero) is 1. The van der Waals surface area contributed by atoms with Crippen LogP contribution in [0.25, 0.3) is 0 Å². The Kier molecular flexibility index (Phi) is 7.64. The molecule has 0 radical (unpaired) electrons. The summed E-state index contributed by atoms with van der Waals surface area (Å²) in [6.45, 7) is 0. The molecule has 1 aliphatic rings. The maximum absolute atomic E-state index is 13.6. The van der Waals surface area contributed by atoms with Crippen molar-refractivity contribution in [3.8, 4) is 0 Å². The van der Waals surface area contributed by atoms with Crippen molar-refractivity contribution >= 4 is 29.0 Å². The van der Waals surface area contributed by atoms with Crippen LogP contribution < -0.4 is 28.3 Å². The molecule has 0 aromatic heterocycles. The van der Waals surface area contributed by atoms with Crippen LogP contribution in [0.1, 0.15) is 32.1 Å². The van der Waals surface area contributed by atoms with E-state index >= 15 is 0 Å². The minimum absolute atomic E-state index is 0. The third kappa shape index (κ3) is 4.63. The van der Waals surface area contributed by atoms with Gasteiger partial charge in [-0.15, -0.1) is 0 Å². The van der Waals surface area contributed by atoms with Gasteiger partial charge in [-0.25, -0.2) is 0 Å². The van der Waals surface area contributed by atoms with Crippen molar-refractivity contribution < 1.29 is 17.2 Å². The summed E-state index contributed by atoms with van der Waals surface area (Å²) in [6.07, 6.45) is 6.44. The van der Waals surface area contributed by atoms with Gasteiger partial charge >= 0.3 is 0 Å². The maximum Gasteiger partial charge on any atom is 0.174 e. The quantitative estimate of drug-likeness (QED) is 0.556. The summed E-state index contributed by atoms with van der Waals surface area (Å²) in [5.74, 6) is 0.703. The zero-order valence-electron chi connectivity index (χ0n) is 16.7. The number of carbonyl (C=O) groups is 1. The van der Waals surface area contributed by atoms with Gasteiger partial charge in [0.2, 0.25) is 0 Å². The van der Waals surface area contributed by atoms with Crippen molar-refractivity contribution in [2.45, 2.75) is 32.1 Å². The molecule has 29 heavy (non-hydrogen) atoms. The normalized spacial score (nSPS) is 14.8. The number of ketones is 1. The van der Waals surface area contributed by atoms with Crippen molar-refractivity contribution in [3.63, 3.8) is 0 Å². The number of rotatable bonds is 6. The lowest BCUT2D eigenvalue weighted by Gasteiger charge is -2.29. The molecule has 0 amide bonds. The monoisotopic (exact) mass is 422 g/mol. The molecular weight excluding hydrogens is 395 g/mol. The standard InChI is InChI=1S/C26H28OP.ClH/c27-26(22-13-5-1-6-14-22)21-28(23-15-7-2-8-16-23,24-17-9-3-10-18-24)25-19-11-4-12-20-25;/h2-4,7-12,15-20,22H,1,5-6,13-14,21H2;1H/q+1;/p-1.